The predicted octanol–water partition coefficient (Wildman–Crippen LogP) is 6.62. The number of ether oxygens (including phenoxy) is 2. The third-order valence-electron chi connectivity index (χ3n) is 4.95. The van der Waals surface area contributed by atoms with Crippen molar-refractivity contribution in [2.75, 3.05) is 23.4 Å². The number of rotatable bonds is 6. The molecule has 1 aliphatic heterocycles. The summed E-state index contributed by atoms with van der Waals surface area (Å²) in [4.78, 5) is 15.5. The second-order valence-electron chi connectivity index (χ2n) is 6.96. The molecule has 0 spiro atoms. The summed E-state index contributed by atoms with van der Waals surface area (Å²) in [6, 6.07) is 19.3. The molecule has 3 aromatic rings. The molecule has 1 aliphatic rings. The zero-order valence-corrected chi connectivity index (χ0v) is 20.9. The Kier molecular flexibility index (Phi) is 6.71. The molecule has 1 heterocycles. The molecule has 0 radical (unpaired) electrons. The van der Waals surface area contributed by atoms with E-state index in [1.54, 1.807) is 4.90 Å². The molecule has 31 heavy (non-hydrogen) atoms. The first-order valence-electron chi connectivity index (χ1n) is 10.1. The van der Waals surface area contributed by atoms with E-state index in [1.807, 2.05) is 74.5 Å². The average Bonchev–Trinajstić information content (AvgIpc) is 2.76. The van der Waals surface area contributed by atoms with E-state index in [4.69, 9.17) is 9.47 Å². The third-order valence-corrected chi connectivity index (χ3v) is 6.12. The molecule has 1 N–H and O–H groups in total. The molecule has 0 bridgehead atoms. The smallest absolute Gasteiger partial charge is 0.262 e. The highest BCUT2D eigenvalue weighted by Gasteiger charge is 2.36. The van der Waals surface area contributed by atoms with Crippen molar-refractivity contribution < 1.29 is 14.3 Å². The van der Waals surface area contributed by atoms with Crippen LogP contribution < -0.4 is 19.7 Å². The molecule has 4 rings (SSSR count). The number of carbonyl (C=O) groups is 1. The summed E-state index contributed by atoms with van der Waals surface area (Å²) in [6.45, 7) is 4.98. The number of hydrogen-bond acceptors (Lipinski definition) is 4. The van der Waals surface area contributed by atoms with Gasteiger partial charge >= 0.3 is 0 Å². The average molecular weight is 593 g/mol. The van der Waals surface area contributed by atoms with Crippen LogP contribution in [0.1, 0.15) is 35.9 Å². The quantitative estimate of drug-likeness (QED) is 0.327. The van der Waals surface area contributed by atoms with Crippen LogP contribution in [0, 0.1) is 3.57 Å². The number of nitrogens with zero attached hydrogens (tertiary/aromatic N) is 1. The van der Waals surface area contributed by atoms with Crippen LogP contribution in [0.15, 0.2) is 65.1 Å². The van der Waals surface area contributed by atoms with Crippen LogP contribution in [-0.4, -0.2) is 19.1 Å². The number of carbonyl (C=O) groups excluding carboxylic acids is 1. The highest BCUT2D eigenvalue weighted by atomic mass is 127. The molecule has 1 amide bonds. The number of anilines is 2. The van der Waals surface area contributed by atoms with Gasteiger partial charge in [-0.3, -0.25) is 9.69 Å². The highest BCUT2D eigenvalue weighted by molar-refractivity contribution is 14.1. The molecule has 3 aromatic carbocycles. The van der Waals surface area contributed by atoms with Crippen molar-refractivity contribution >= 4 is 55.8 Å². The summed E-state index contributed by atoms with van der Waals surface area (Å²) in [7, 11) is 0. The van der Waals surface area contributed by atoms with Gasteiger partial charge in [-0.1, -0.05) is 22.0 Å². The summed E-state index contributed by atoms with van der Waals surface area (Å²) in [5.74, 6) is 1.38. The fourth-order valence-electron chi connectivity index (χ4n) is 3.67. The monoisotopic (exact) mass is 592 g/mol. The van der Waals surface area contributed by atoms with Gasteiger partial charge < -0.3 is 14.8 Å². The van der Waals surface area contributed by atoms with Crippen molar-refractivity contribution in [2.24, 2.45) is 0 Å². The summed E-state index contributed by atoms with van der Waals surface area (Å²) < 4.78 is 13.5. The zero-order valence-electron chi connectivity index (χ0n) is 17.2. The Bertz CT molecular complexity index is 1120. The molecule has 0 saturated carbocycles. The molecule has 7 heteroatoms. The summed E-state index contributed by atoms with van der Waals surface area (Å²) in [6.07, 6.45) is -0.448. The molecule has 0 aromatic heterocycles. The van der Waals surface area contributed by atoms with Crippen LogP contribution in [0.4, 0.5) is 11.4 Å². The lowest BCUT2D eigenvalue weighted by molar-refractivity contribution is 0.0974. The Balaban J connectivity index is 1.89. The van der Waals surface area contributed by atoms with Crippen molar-refractivity contribution in [1.82, 2.24) is 0 Å². The van der Waals surface area contributed by atoms with Crippen LogP contribution in [0.5, 0.6) is 11.5 Å². The maximum atomic E-state index is 13.8. The second kappa shape index (κ2) is 9.48. The van der Waals surface area contributed by atoms with Gasteiger partial charge in [-0.05, 0) is 85.0 Å². The number of amides is 1. The lowest BCUT2D eigenvalue weighted by Gasteiger charge is -2.39. The van der Waals surface area contributed by atoms with Crippen molar-refractivity contribution in [3.63, 3.8) is 0 Å². The number of halogens is 2. The largest absolute Gasteiger partial charge is 0.494 e. The summed E-state index contributed by atoms with van der Waals surface area (Å²) >= 11 is 5.80. The Morgan fingerprint density at radius 3 is 2.61 bits per heavy atom. The number of hydrogen-bond donors (Lipinski definition) is 1. The summed E-state index contributed by atoms with van der Waals surface area (Å²) in [5.41, 5.74) is 3.06. The van der Waals surface area contributed by atoms with E-state index < -0.39 is 6.17 Å². The van der Waals surface area contributed by atoms with Gasteiger partial charge in [-0.2, -0.15) is 0 Å². The molecule has 1 atom stereocenters. The fourth-order valence-corrected chi connectivity index (χ4v) is 4.54. The van der Waals surface area contributed by atoms with E-state index in [2.05, 4.69) is 43.8 Å². The highest BCUT2D eigenvalue weighted by Crippen LogP contribution is 2.41. The van der Waals surface area contributed by atoms with Crippen molar-refractivity contribution in [3.05, 3.63) is 79.8 Å². The van der Waals surface area contributed by atoms with Crippen LogP contribution in [0.3, 0.4) is 0 Å². The molecule has 5 nitrogen and oxygen atoms in total. The second-order valence-corrected chi connectivity index (χ2v) is 9.12. The minimum absolute atomic E-state index is 0.0756. The van der Waals surface area contributed by atoms with Crippen LogP contribution in [-0.2, 0) is 0 Å². The van der Waals surface area contributed by atoms with Gasteiger partial charge in [0.1, 0.15) is 17.7 Å². The van der Waals surface area contributed by atoms with Gasteiger partial charge in [0.05, 0.1) is 24.5 Å². The van der Waals surface area contributed by atoms with Gasteiger partial charge in [0.15, 0.2) is 0 Å². The Morgan fingerprint density at radius 2 is 1.84 bits per heavy atom. The standard InChI is InChI=1S/C24H22BrIN2O3/c1-3-30-18-7-5-6-17(14-18)28-23(20-12-15(25)8-11-22(20)31-4-2)27-21-10-9-16(26)13-19(21)24(28)29/h5-14,23,27H,3-4H2,1-2H3/t23-/m1/s1. The Labute approximate surface area is 204 Å². The molecule has 160 valence electrons. The summed E-state index contributed by atoms with van der Waals surface area (Å²) in [5, 5.41) is 3.56. The fraction of sp³-hybridized carbons (Fsp3) is 0.208. The molecular formula is C24H22BrIN2O3. The van der Waals surface area contributed by atoms with Crippen LogP contribution >= 0.6 is 38.5 Å². The van der Waals surface area contributed by atoms with Crippen molar-refractivity contribution in [1.29, 1.82) is 0 Å². The van der Waals surface area contributed by atoms with E-state index >= 15 is 0 Å². The predicted molar refractivity (Wildman–Crippen MR) is 135 cm³/mol. The van der Waals surface area contributed by atoms with Crippen LogP contribution in [0.2, 0.25) is 0 Å². The van der Waals surface area contributed by atoms with Crippen LogP contribution in [0.25, 0.3) is 0 Å². The maximum Gasteiger partial charge on any atom is 0.262 e. The normalized spacial score (nSPS) is 15.3. The maximum absolute atomic E-state index is 13.8. The van der Waals surface area contributed by atoms with Gasteiger partial charge in [0, 0.05) is 25.4 Å². The van der Waals surface area contributed by atoms with Gasteiger partial charge in [-0.15, -0.1) is 0 Å². The first-order valence-corrected chi connectivity index (χ1v) is 11.9. The first kappa shape index (κ1) is 22.0. The molecule has 0 fully saturated rings. The Hall–Kier alpha value is -2.26. The molecule has 0 saturated heterocycles. The molecule has 0 aliphatic carbocycles. The minimum Gasteiger partial charge on any atom is -0.494 e. The first-order chi connectivity index (χ1) is 15.0. The molecular weight excluding hydrogens is 571 g/mol. The van der Waals surface area contributed by atoms with Gasteiger partial charge in [0.25, 0.3) is 5.91 Å². The number of nitrogens with one attached hydrogen (secondary N) is 1. The van der Waals surface area contributed by atoms with E-state index in [1.165, 1.54) is 0 Å². The van der Waals surface area contributed by atoms with Crippen molar-refractivity contribution in [2.45, 2.75) is 20.0 Å². The van der Waals surface area contributed by atoms with Gasteiger partial charge in [0.2, 0.25) is 0 Å². The van der Waals surface area contributed by atoms with E-state index in [9.17, 15) is 4.79 Å². The van der Waals surface area contributed by atoms with Crippen molar-refractivity contribution in [3.8, 4) is 11.5 Å². The van der Waals surface area contributed by atoms with E-state index in [0.717, 1.165) is 36.5 Å². The Morgan fingerprint density at radius 1 is 1.03 bits per heavy atom. The number of fused-ring (bicyclic) bond motifs is 1. The SMILES string of the molecule is CCOc1cccc(N2C(=O)c3cc(I)ccc3N[C@H]2c2cc(Br)ccc2OCC)c1. The number of benzene rings is 3. The van der Waals surface area contributed by atoms with Gasteiger partial charge in [-0.25, -0.2) is 0 Å². The minimum atomic E-state index is -0.448. The zero-order chi connectivity index (χ0) is 22.0. The van der Waals surface area contributed by atoms with E-state index in [0.29, 0.717) is 18.8 Å². The topological polar surface area (TPSA) is 50.8 Å². The lowest BCUT2D eigenvalue weighted by atomic mass is 10.0. The van der Waals surface area contributed by atoms with E-state index in [-0.39, 0.29) is 5.91 Å². The molecule has 0 unspecified atom stereocenters. The third kappa shape index (κ3) is 4.52. The lowest BCUT2D eigenvalue weighted by Crippen LogP contribution is -2.43.